The minimum absolute atomic E-state index is 0.180. The second-order valence-corrected chi connectivity index (χ2v) is 3.84. The van der Waals surface area contributed by atoms with E-state index in [0.717, 1.165) is 0 Å². The highest BCUT2D eigenvalue weighted by Gasteiger charge is 2.06. The molecule has 1 aromatic heterocycles. The van der Waals surface area contributed by atoms with Crippen LogP contribution in [0, 0.1) is 0 Å². The van der Waals surface area contributed by atoms with Crippen LogP contribution >= 0.6 is 0 Å². The fourth-order valence-corrected chi connectivity index (χ4v) is 1.21. The van der Waals surface area contributed by atoms with Gasteiger partial charge >= 0.3 is 0 Å². The second-order valence-electron chi connectivity index (χ2n) is 3.84. The number of carbonyl (C=O) groups is 1. The molecule has 0 saturated carbocycles. The zero-order valence-corrected chi connectivity index (χ0v) is 10.1. The molecule has 0 bridgehead atoms. The van der Waals surface area contributed by atoms with Crippen molar-refractivity contribution in [3.05, 3.63) is 17.8 Å². The number of primary amides is 1. The molecule has 1 aromatic rings. The number of aromatic nitrogens is 1. The van der Waals surface area contributed by atoms with E-state index in [-0.39, 0.29) is 11.8 Å². The molecule has 0 fully saturated rings. The van der Waals surface area contributed by atoms with Gasteiger partial charge in [-0.25, -0.2) is 4.98 Å². The number of ether oxygens (including phenoxy) is 1. The lowest BCUT2D eigenvalue weighted by molar-refractivity contribution is 0.0870. The SMILES string of the molecule is CC(C)OCCNc1nc(C(N)=O)ccc1N. The van der Waals surface area contributed by atoms with Gasteiger partial charge in [0.1, 0.15) is 11.5 Å². The Labute approximate surface area is 100 Å². The van der Waals surface area contributed by atoms with E-state index in [0.29, 0.717) is 24.7 Å². The van der Waals surface area contributed by atoms with Crippen molar-refractivity contribution in [3.8, 4) is 0 Å². The highest BCUT2D eigenvalue weighted by atomic mass is 16.5. The summed E-state index contributed by atoms with van der Waals surface area (Å²) < 4.78 is 5.36. The van der Waals surface area contributed by atoms with Crippen LogP contribution < -0.4 is 16.8 Å². The molecule has 94 valence electrons. The van der Waals surface area contributed by atoms with Gasteiger partial charge in [-0.05, 0) is 26.0 Å². The maximum Gasteiger partial charge on any atom is 0.267 e. The Hall–Kier alpha value is -1.82. The van der Waals surface area contributed by atoms with Crippen LogP contribution in [0.3, 0.4) is 0 Å². The maximum atomic E-state index is 11.0. The smallest absolute Gasteiger partial charge is 0.267 e. The predicted molar refractivity (Wildman–Crippen MR) is 66.7 cm³/mol. The van der Waals surface area contributed by atoms with Crippen molar-refractivity contribution in [1.82, 2.24) is 4.98 Å². The Kier molecular flexibility index (Phi) is 4.71. The molecule has 6 nitrogen and oxygen atoms in total. The molecular weight excluding hydrogens is 220 g/mol. The zero-order chi connectivity index (χ0) is 12.8. The number of carbonyl (C=O) groups excluding carboxylic acids is 1. The zero-order valence-electron chi connectivity index (χ0n) is 10.1. The average Bonchev–Trinajstić information content (AvgIpc) is 2.25. The quantitative estimate of drug-likeness (QED) is 0.630. The second kappa shape index (κ2) is 6.05. The van der Waals surface area contributed by atoms with Gasteiger partial charge in [0.25, 0.3) is 5.91 Å². The number of pyridine rings is 1. The summed E-state index contributed by atoms with van der Waals surface area (Å²) in [5, 5.41) is 2.99. The Morgan fingerprint density at radius 3 is 2.82 bits per heavy atom. The number of nitrogens with zero attached hydrogens (tertiary/aromatic N) is 1. The first-order chi connectivity index (χ1) is 8.00. The van der Waals surface area contributed by atoms with Crippen molar-refractivity contribution in [2.45, 2.75) is 20.0 Å². The molecule has 0 atom stereocenters. The van der Waals surface area contributed by atoms with Crippen LogP contribution in [-0.2, 0) is 4.74 Å². The van der Waals surface area contributed by atoms with E-state index in [9.17, 15) is 4.79 Å². The van der Waals surface area contributed by atoms with Crippen molar-refractivity contribution >= 4 is 17.4 Å². The number of amides is 1. The third-order valence-electron chi connectivity index (χ3n) is 2.02. The molecule has 6 heteroatoms. The summed E-state index contributed by atoms with van der Waals surface area (Å²) in [7, 11) is 0. The third kappa shape index (κ3) is 4.28. The lowest BCUT2D eigenvalue weighted by Gasteiger charge is -2.11. The number of anilines is 2. The first-order valence-electron chi connectivity index (χ1n) is 5.42. The van der Waals surface area contributed by atoms with E-state index in [1.165, 1.54) is 6.07 Å². The number of nitrogen functional groups attached to an aromatic ring is 1. The number of nitrogens with two attached hydrogens (primary N) is 2. The highest BCUT2D eigenvalue weighted by molar-refractivity contribution is 5.91. The lowest BCUT2D eigenvalue weighted by Crippen LogP contribution is -2.17. The Morgan fingerprint density at radius 1 is 1.53 bits per heavy atom. The summed E-state index contributed by atoms with van der Waals surface area (Å²) in [5.74, 6) is -0.125. The molecule has 0 spiro atoms. The van der Waals surface area contributed by atoms with Crippen molar-refractivity contribution in [3.63, 3.8) is 0 Å². The molecule has 0 aliphatic carbocycles. The molecule has 1 amide bonds. The minimum Gasteiger partial charge on any atom is -0.396 e. The van der Waals surface area contributed by atoms with Crippen LogP contribution in [0.5, 0.6) is 0 Å². The van der Waals surface area contributed by atoms with Crippen LogP contribution in [0.2, 0.25) is 0 Å². The van der Waals surface area contributed by atoms with Gasteiger partial charge in [-0.2, -0.15) is 0 Å². The fraction of sp³-hybridized carbons (Fsp3) is 0.455. The molecule has 0 radical (unpaired) electrons. The van der Waals surface area contributed by atoms with Crippen LogP contribution in [0.25, 0.3) is 0 Å². The molecule has 1 heterocycles. The summed E-state index contributed by atoms with van der Waals surface area (Å²) in [5.41, 5.74) is 11.5. The molecular formula is C11H18N4O2. The van der Waals surface area contributed by atoms with Gasteiger partial charge in [0.15, 0.2) is 0 Å². The molecule has 0 aromatic carbocycles. The number of hydrogen-bond acceptors (Lipinski definition) is 5. The van der Waals surface area contributed by atoms with Crippen molar-refractivity contribution in [2.24, 2.45) is 5.73 Å². The van der Waals surface area contributed by atoms with Gasteiger partial charge < -0.3 is 21.5 Å². The van der Waals surface area contributed by atoms with Crippen LogP contribution in [0.4, 0.5) is 11.5 Å². The van der Waals surface area contributed by atoms with Gasteiger partial charge in [0.05, 0.1) is 18.4 Å². The van der Waals surface area contributed by atoms with E-state index in [1.807, 2.05) is 13.8 Å². The van der Waals surface area contributed by atoms with Crippen molar-refractivity contribution in [1.29, 1.82) is 0 Å². The molecule has 0 unspecified atom stereocenters. The number of nitrogens with one attached hydrogen (secondary N) is 1. The Morgan fingerprint density at radius 2 is 2.24 bits per heavy atom. The number of hydrogen-bond donors (Lipinski definition) is 3. The fourth-order valence-electron chi connectivity index (χ4n) is 1.21. The summed E-state index contributed by atoms with van der Waals surface area (Å²) in [4.78, 5) is 15.0. The summed E-state index contributed by atoms with van der Waals surface area (Å²) >= 11 is 0. The van der Waals surface area contributed by atoms with Crippen molar-refractivity contribution in [2.75, 3.05) is 24.2 Å². The molecule has 0 aliphatic heterocycles. The van der Waals surface area contributed by atoms with Gasteiger partial charge in [-0.3, -0.25) is 4.79 Å². The molecule has 0 saturated heterocycles. The van der Waals surface area contributed by atoms with Gasteiger partial charge in [-0.1, -0.05) is 0 Å². The third-order valence-corrected chi connectivity index (χ3v) is 2.02. The van der Waals surface area contributed by atoms with E-state index in [4.69, 9.17) is 16.2 Å². The predicted octanol–water partition coefficient (Wildman–Crippen LogP) is 0.600. The van der Waals surface area contributed by atoms with Gasteiger partial charge in [0, 0.05) is 6.54 Å². The molecule has 0 aliphatic rings. The molecule has 17 heavy (non-hydrogen) atoms. The van der Waals surface area contributed by atoms with Gasteiger partial charge in [-0.15, -0.1) is 0 Å². The van der Waals surface area contributed by atoms with E-state index >= 15 is 0 Å². The number of rotatable bonds is 6. The average molecular weight is 238 g/mol. The Balaban J connectivity index is 2.57. The Bertz CT molecular complexity index is 393. The normalized spacial score (nSPS) is 10.5. The first-order valence-corrected chi connectivity index (χ1v) is 5.42. The summed E-state index contributed by atoms with van der Waals surface area (Å²) in [6.07, 6.45) is 0.180. The monoisotopic (exact) mass is 238 g/mol. The van der Waals surface area contributed by atoms with Crippen LogP contribution in [0.15, 0.2) is 12.1 Å². The summed E-state index contributed by atoms with van der Waals surface area (Å²) in [6.45, 7) is 5.03. The summed E-state index contributed by atoms with van der Waals surface area (Å²) in [6, 6.07) is 3.09. The standard InChI is InChI=1S/C11H18N4O2/c1-7(2)17-6-5-14-11-8(12)3-4-9(15-11)10(13)16/h3-4,7H,5-6,12H2,1-2H3,(H2,13,16)(H,14,15). The van der Waals surface area contributed by atoms with E-state index in [1.54, 1.807) is 6.07 Å². The topological polar surface area (TPSA) is 103 Å². The van der Waals surface area contributed by atoms with Crippen LogP contribution in [-0.4, -0.2) is 30.1 Å². The van der Waals surface area contributed by atoms with Crippen LogP contribution in [0.1, 0.15) is 24.3 Å². The first kappa shape index (κ1) is 13.2. The minimum atomic E-state index is -0.577. The lowest BCUT2D eigenvalue weighted by atomic mass is 10.3. The van der Waals surface area contributed by atoms with Gasteiger partial charge in [0.2, 0.25) is 0 Å². The largest absolute Gasteiger partial charge is 0.396 e. The molecule has 1 rings (SSSR count). The van der Waals surface area contributed by atoms with E-state index in [2.05, 4.69) is 10.3 Å². The van der Waals surface area contributed by atoms with E-state index < -0.39 is 5.91 Å². The van der Waals surface area contributed by atoms with Crippen molar-refractivity contribution < 1.29 is 9.53 Å². The molecule has 5 N–H and O–H groups in total. The highest BCUT2D eigenvalue weighted by Crippen LogP contribution is 2.15. The maximum absolute atomic E-state index is 11.0.